The van der Waals surface area contributed by atoms with Gasteiger partial charge in [-0.1, -0.05) is 19.9 Å². The summed E-state index contributed by atoms with van der Waals surface area (Å²) in [4.78, 5) is 0. The van der Waals surface area contributed by atoms with Gasteiger partial charge in [0.15, 0.2) is 11.5 Å². The van der Waals surface area contributed by atoms with E-state index in [4.69, 9.17) is 5.73 Å². The topological polar surface area (TPSA) is 64.7 Å². The summed E-state index contributed by atoms with van der Waals surface area (Å²) < 4.78 is 34.5. The van der Waals surface area contributed by atoms with E-state index in [1.165, 1.54) is 12.1 Å². The molecule has 0 aromatic heterocycles. The summed E-state index contributed by atoms with van der Waals surface area (Å²) in [6.07, 6.45) is -2.96. The molecule has 0 fully saturated rings. The van der Waals surface area contributed by atoms with E-state index in [0.29, 0.717) is 17.9 Å². The number of hydrogen-bond donors (Lipinski definition) is 2. The highest BCUT2D eigenvalue weighted by Gasteiger charge is 2.43. The molecule has 0 aliphatic carbocycles. The lowest BCUT2D eigenvalue weighted by atomic mass is 9.96. The molecule has 1 aromatic rings. The predicted octanol–water partition coefficient (Wildman–Crippen LogP) is 2.81. The van der Waals surface area contributed by atoms with Gasteiger partial charge in [0.2, 0.25) is 0 Å². The Bertz CT molecular complexity index is 479. The van der Waals surface area contributed by atoms with Crippen molar-refractivity contribution in [3.05, 3.63) is 23.8 Å². The number of rotatable bonds is 5. The Morgan fingerprint density at radius 1 is 1.20 bits per heavy atom. The van der Waals surface area contributed by atoms with Crippen LogP contribution in [0.2, 0.25) is 0 Å². The van der Waals surface area contributed by atoms with E-state index in [1.54, 1.807) is 6.07 Å². The third kappa shape index (κ3) is 3.37. The summed E-state index contributed by atoms with van der Waals surface area (Å²) in [6, 6.07) is 3.68. The minimum absolute atomic E-state index is 0.0254. The quantitative estimate of drug-likeness (QED) is 0.874. The molecule has 1 aromatic carbocycles. The number of benzene rings is 1. The fraction of sp³-hybridized carbons (Fsp3) is 0.571. The van der Waals surface area contributed by atoms with Crippen molar-refractivity contribution < 1.29 is 23.4 Å². The molecular weight excluding hydrogens is 268 g/mol. The third-order valence-electron chi connectivity index (χ3n) is 3.26. The van der Waals surface area contributed by atoms with Gasteiger partial charge in [0, 0.05) is 0 Å². The van der Waals surface area contributed by atoms with Crippen LogP contribution in [0.3, 0.4) is 0 Å². The molecule has 20 heavy (non-hydrogen) atoms. The molecule has 1 aliphatic rings. The molecule has 2 atom stereocenters. The number of nitrogens with two attached hydrogens (primary N) is 1. The van der Waals surface area contributed by atoms with Crippen LogP contribution in [0.15, 0.2) is 18.2 Å². The highest BCUT2D eigenvalue weighted by atomic mass is 19.3. The van der Waals surface area contributed by atoms with Crippen LogP contribution in [-0.4, -0.2) is 17.5 Å². The van der Waals surface area contributed by atoms with Gasteiger partial charge in [-0.2, -0.15) is 0 Å². The molecular formula is C14H19F2NO3. The molecule has 4 nitrogen and oxygen atoms in total. The number of aliphatic hydroxyl groups excluding tert-OH is 1. The van der Waals surface area contributed by atoms with E-state index in [0.717, 1.165) is 6.42 Å². The highest BCUT2D eigenvalue weighted by molar-refractivity contribution is 5.46. The van der Waals surface area contributed by atoms with E-state index in [1.807, 2.05) is 0 Å². The van der Waals surface area contributed by atoms with Crippen molar-refractivity contribution in [2.45, 2.75) is 45.1 Å². The molecule has 0 spiro atoms. The molecule has 1 heterocycles. The molecule has 0 radical (unpaired) electrons. The Kier molecular flexibility index (Phi) is 4.15. The first-order valence-electron chi connectivity index (χ1n) is 6.62. The molecule has 0 amide bonds. The van der Waals surface area contributed by atoms with Crippen LogP contribution in [-0.2, 0) is 0 Å². The van der Waals surface area contributed by atoms with E-state index < -0.39 is 18.4 Å². The molecule has 3 N–H and O–H groups in total. The average Bonchev–Trinajstić information content (AvgIpc) is 2.67. The summed E-state index contributed by atoms with van der Waals surface area (Å²) in [7, 11) is 0. The van der Waals surface area contributed by atoms with Crippen molar-refractivity contribution in [1.29, 1.82) is 0 Å². The molecule has 0 saturated heterocycles. The molecule has 1 aliphatic heterocycles. The Hall–Kier alpha value is -1.40. The van der Waals surface area contributed by atoms with Gasteiger partial charge in [0.25, 0.3) is 0 Å². The van der Waals surface area contributed by atoms with E-state index in [2.05, 4.69) is 23.3 Å². The monoisotopic (exact) mass is 287 g/mol. The molecule has 0 unspecified atom stereocenters. The van der Waals surface area contributed by atoms with Gasteiger partial charge in [-0.25, -0.2) is 0 Å². The van der Waals surface area contributed by atoms with Crippen molar-refractivity contribution in [1.82, 2.24) is 0 Å². The maximum Gasteiger partial charge on any atom is 0.586 e. The van der Waals surface area contributed by atoms with Crippen LogP contribution in [0.4, 0.5) is 8.78 Å². The number of alkyl halides is 2. The predicted molar refractivity (Wildman–Crippen MR) is 69.7 cm³/mol. The summed E-state index contributed by atoms with van der Waals surface area (Å²) in [5, 5.41) is 10.0. The molecule has 112 valence electrons. The van der Waals surface area contributed by atoms with Gasteiger partial charge in [-0.15, -0.1) is 8.78 Å². The first kappa shape index (κ1) is 15.0. The maximum absolute atomic E-state index is 12.9. The number of halogens is 2. The fourth-order valence-corrected chi connectivity index (χ4v) is 2.08. The Morgan fingerprint density at radius 2 is 1.85 bits per heavy atom. The van der Waals surface area contributed by atoms with E-state index >= 15 is 0 Å². The average molecular weight is 287 g/mol. The zero-order valence-electron chi connectivity index (χ0n) is 11.5. The number of ether oxygens (including phenoxy) is 2. The second kappa shape index (κ2) is 5.54. The lowest BCUT2D eigenvalue weighted by Gasteiger charge is -2.20. The summed E-state index contributed by atoms with van der Waals surface area (Å²) >= 11 is 0. The zero-order valence-corrected chi connectivity index (χ0v) is 11.5. The van der Waals surface area contributed by atoms with Crippen LogP contribution in [0.1, 0.15) is 38.3 Å². The molecule has 2 rings (SSSR count). The molecule has 0 saturated carbocycles. The van der Waals surface area contributed by atoms with Crippen molar-refractivity contribution in [2.24, 2.45) is 11.7 Å². The first-order chi connectivity index (χ1) is 9.28. The van der Waals surface area contributed by atoms with E-state index in [9.17, 15) is 13.9 Å². The zero-order chi connectivity index (χ0) is 14.9. The molecule has 0 bridgehead atoms. The Balaban J connectivity index is 2.07. The Labute approximate surface area is 116 Å². The second-order valence-corrected chi connectivity index (χ2v) is 5.44. The van der Waals surface area contributed by atoms with Gasteiger partial charge in [-0.05, 0) is 36.5 Å². The van der Waals surface area contributed by atoms with Gasteiger partial charge >= 0.3 is 6.29 Å². The summed E-state index contributed by atoms with van der Waals surface area (Å²) in [5.74, 6) is 0.383. The number of aliphatic hydroxyl groups is 1. The second-order valence-electron chi connectivity index (χ2n) is 5.44. The lowest BCUT2D eigenvalue weighted by molar-refractivity contribution is -0.286. The van der Waals surface area contributed by atoms with Gasteiger partial charge < -0.3 is 20.3 Å². The Morgan fingerprint density at radius 3 is 2.50 bits per heavy atom. The maximum atomic E-state index is 12.9. The number of hydrogen-bond acceptors (Lipinski definition) is 4. The van der Waals surface area contributed by atoms with Crippen LogP contribution >= 0.6 is 0 Å². The van der Waals surface area contributed by atoms with Crippen LogP contribution in [0.25, 0.3) is 0 Å². The minimum Gasteiger partial charge on any atom is -0.395 e. The lowest BCUT2D eigenvalue weighted by Crippen LogP contribution is -2.26. The first-order valence-corrected chi connectivity index (χ1v) is 6.62. The smallest absolute Gasteiger partial charge is 0.395 e. The molecule has 6 heteroatoms. The normalized spacial score (nSPS) is 19.1. The van der Waals surface area contributed by atoms with Crippen molar-refractivity contribution in [3.8, 4) is 11.5 Å². The minimum atomic E-state index is -3.64. The van der Waals surface area contributed by atoms with Crippen molar-refractivity contribution >= 4 is 0 Å². The van der Waals surface area contributed by atoms with Crippen LogP contribution in [0, 0.1) is 5.92 Å². The van der Waals surface area contributed by atoms with E-state index in [-0.39, 0.29) is 11.5 Å². The standard InChI is InChI=1S/C14H19F2NO3/c1-8(2)3-5-10(18)13(17)9-4-6-11-12(7-9)20-14(15,16)19-11/h4,6-8,10,13,18H,3,5,17H2,1-2H3/t10-,13+/m0/s1. The van der Waals surface area contributed by atoms with Crippen LogP contribution < -0.4 is 15.2 Å². The fourth-order valence-electron chi connectivity index (χ4n) is 2.08. The summed E-state index contributed by atoms with van der Waals surface area (Å²) in [6.45, 7) is 4.11. The number of fused-ring (bicyclic) bond motifs is 1. The van der Waals surface area contributed by atoms with Gasteiger partial charge in [-0.3, -0.25) is 0 Å². The third-order valence-corrected chi connectivity index (χ3v) is 3.26. The SMILES string of the molecule is CC(C)CC[C@H](O)[C@H](N)c1ccc2c(c1)OC(F)(F)O2. The largest absolute Gasteiger partial charge is 0.586 e. The van der Waals surface area contributed by atoms with Gasteiger partial charge in [0.1, 0.15) is 0 Å². The van der Waals surface area contributed by atoms with Gasteiger partial charge in [0.05, 0.1) is 12.1 Å². The highest BCUT2D eigenvalue weighted by Crippen LogP contribution is 2.42. The summed E-state index contributed by atoms with van der Waals surface area (Å²) in [5.41, 5.74) is 6.50. The van der Waals surface area contributed by atoms with Crippen molar-refractivity contribution in [3.63, 3.8) is 0 Å². The van der Waals surface area contributed by atoms with Crippen molar-refractivity contribution in [2.75, 3.05) is 0 Å². The van der Waals surface area contributed by atoms with Crippen LogP contribution in [0.5, 0.6) is 11.5 Å².